The summed E-state index contributed by atoms with van der Waals surface area (Å²) < 4.78 is 5.50. The molecule has 6 heteroatoms. The van der Waals surface area contributed by atoms with Gasteiger partial charge in [0.1, 0.15) is 6.10 Å². The standard InChI is InChI=1S/C18H20N2O2.C13H9NO/c21-18(22-15-10-12-19-13-11-15)20-17-9-5-4-8-16(17)14-6-2-1-3-7-14;15-10-14-13-9-5-4-8-12(13)11-6-2-1-3-7-11/h1-9,15,19H,10-13H2,(H,20,21);1-9H. The molecule has 6 nitrogen and oxygen atoms in total. The van der Waals surface area contributed by atoms with Crippen LogP contribution in [-0.4, -0.2) is 31.4 Å². The molecule has 0 bridgehead atoms. The summed E-state index contributed by atoms with van der Waals surface area (Å²) in [4.78, 5) is 26.1. The second-order valence-corrected chi connectivity index (χ2v) is 8.48. The third-order valence-corrected chi connectivity index (χ3v) is 5.96. The van der Waals surface area contributed by atoms with Crippen molar-refractivity contribution in [2.45, 2.75) is 18.9 Å². The number of nitrogens with one attached hydrogen (secondary N) is 2. The Hall–Kier alpha value is -4.51. The lowest BCUT2D eigenvalue weighted by molar-refractivity contribution is 0.0909. The Morgan fingerprint density at radius 2 is 1.30 bits per heavy atom. The Morgan fingerprint density at radius 3 is 1.95 bits per heavy atom. The predicted molar refractivity (Wildman–Crippen MR) is 148 cm³/mol. The molecule has 1 aliphatic heterocycles. The quantitative estimate of drug-likeness (QED) is 0.233. The molecule has 2 N–H and O–H groups in total. The summed E-state index contributed by atoms with van der Waals surface area (Å²) in [6, 6.07) is 35.1. The summed E-state index contributed by atoms with van der Waals surface area (Å²) >= 11 is 0. The Balaban J connectivity index is 0.000000186. The van der Waals surface area contributed by atoms with Crippen LogP contribution >= 0.6 is 0 Å². The number of isocyanates is 1. The molecule has 0 saturated carbocycles. The molecule has 1 aliphatic rings. The smallest absolute Gasteiger partial charge is 0.411 e. The van der Waals surface area contributed by atoms with Crippen LogP contribution in [0.2, 0.25) is 0 Å². The van der Waals surface area contributed by atoms with Crippen LogP contribution in [0.15, 0.2) is 114 Å². The SMILES string of the molecule is O=C(Nc1ccccc1-c1ccccc1)OC1CCNCC1.O=C=Nc1ccccc1-c1ccccc1. The van der Waals surface area contributed by atoms with Crippen LogP contribution in [0.25, 0.3) is 22.3 Å². The number of anilines is 1. The fourth-order valence-corrected chi connectivity index (χ4v) is 4.15. The van der Waals surface area contributed by atoms with Crippen molar-refractivity contribution in [3.8, 4) is 22.3 Å². The summed E-state index contributed by atoms with van der Waals surface area (Å²) in [5, 5.41) is 6.13. The molecule has 186 valence electrons. The van der Waals surface area contributed by atoms with Gasteiger partial charge in [-0.15, -0.1) is 0 Å². The summed E-state index contributed by atoms with van der Waals surface area (Å²) in [6.45, 7) is 1.80. The van der Waals surface area contributed by atoms with Crippen molar-refractivity contribution in [3.63, 3.8) is 0 Å². The fourth-order valence-electron chi connectivity index (χ4n) is 4.15. The van der Waals surface area contributed by atoms with E-state index in [0.717, 1.165) is 53.9 Å². The van der Waals surface area contributed by atoms with E-state index in [1.165, 1.54) is 0 Å². The zero-order valence-corrected chi connectivity index (χ0v) is 20.5. The molecule has 0 spiro atoms. The van der Waals surface area contributed by atoms with E-state index >= 15 is 0 Å². The number of para-hydroxylation sites is 2. The highest BCUT2D eigenvalue weighted by molar-refractivity contribution is 5.91. The minimum absolute atomic E-state index is 0.00476. The number of amides is 1. The molecule has 37 heavy (non-hydrogen) atoms. The van der Waals surface area contributed by atoms with Gasteiger partial charge in [-0.25, -0.2) is 9.59 Å². The van der Waals surface area contributed by atoms with Gasteiger partial charge in [0.25, 0.3) is 0 Å². The first-order valence-corrected chi connectivity index (χ1v) is 12.3. The molecule has 4 aromatic rings. The number of carbonyl (C=O) groups is 1. The fraction of sp³-hybridized carbons (Fsp3) is 0.161. The number of ether oxygens (including phenoxy) is 1. The molecule has 1 fully saturated rings. The van der Waals surface area contributed by atoms with Crippen LogP contribution in [0.3, 0.4) is 0 Å². The van der Waals surface area contributed by atoms with Gasteiger partial charge < -0.3 is 10.1 Å². The van der Waals surface area contributed by atoms with Crippen molar-refractivity contribution in [1.82, 2.24) is 5.32 Å². The minimum Gasteiger partial charge on any atom is -0.446 e. The normalized spacial score (nSPS) is 12.9. The molecule has 0 unspecified atom stereocenters. The maximum absolute atomic E-state index is 12.1. The van der Waals surface area contributed by atoms with E-state index < -0.39 is 0 Å². The van der Waals surface area contributed by atoms with E-state index in [1.54, 1.807) is 12.1 Å². The number of carbonyl (C=O) groups excluding carboxylic acids is 2. The predicted octanol–water partition coefficient (Wildman–Crippen LogP) is 6.98. The third kappa shape index (κ3) is 7.48. The Labute approximate surface area is 217 Å². The van der Waals surface area contributed by atoms with E-state index in [9.17, 15) is 9.59 Å². The van der Waals surface area contributed by atoms with Gasteiger partial charge >= 0.3 is 6.09 Å². The number of aliphatic imine (C=N–C) groups is 1. The molecule has 0 atom stereocenters. The molecule has 1 saturated heterocycles. The number of nitrogens with zero attached hydrogens (tertiary/aromatic N) is 1. The lowest BCUT2D eigenvalue weighted by atomic mass is 10.0. The lowest BCUT2D eigenvalue weighted by Gasteiger charge is -2.23. The van der Waals surface area contributed by atoms with Crippen molar-refractivity contribution in [2.75, 3.05) is 18.4 Å². The van der Waals surface area contributed by atoms with Crippen LogP contribution in [0.1, 0.15) is 12.8 Å². The number of rotatable bonds is 5. The molecule has 0 radical (unpaired) electrons. The van der Waals surface area contributed by atoms with Crippen LogP contribution in [0, 0.1) is 0 Å². The molecule has 0 aliphatic carbocycles. The molecule has 0 aromatic heterocycles. The zero-order chi connectivity index (χ0) is 25.7. The Bertz CT molecular complexity index is 1330. The van der Waals surface area contributed by atoms with Crippen molar-refractivity contribution in [2.24, 2.45) is 4.99 Å². The molecule has 4 aromatic carbocycles. The summed E-state index contributed by atoms with van der Waals surface area (Å²) in [5.41, 5.74) is 5.48. The van der Waals surface area contributed by atoms with Crippen molar-refractivity contribution < 1.29 is 14.3 Å². The minimum atomic E-state index is -0.379. The van der Waals surface area contributed by atoms with E-state index in [-0.39, 0.29) is 12.2 Å². The summed E-state index contributed by atoms with van der Waals surface area (Å²) in [6.07, 6.45) is 2.93. The largest absolute Gasteiger partial charge is 0.446 e. The zero-order valence-electron chi connectivity index (χ0n) is 20.5. The van der Waals surface area contributed by atoms with Crippen molar-refractivity contribution >= 4 is 23.5 Å². The van der Waals surface area contributed by atoms with Crippen LogP contribution in [0.5, 0.6) is 0 Å². The molecule has 5 rings (SSSR count). The number of hydrogen-bond acceptors (Lipinski definition) is 5. The van der Waals surface area contributed by atoms with E-state index in [4.69, 9.17) is 4.74 Å². The first kappa shape index (κ1) is 25.6. The highest BCUT2D eigenvalue weighted by Gasteiger charge is 2.18. The second-order valence-electron chi connectivity index (χ2n) is 8.48. The Morgan fingerprint density at radius 1 is 0.757 bits per heavy atom. The van der Waals surface area contributed by atoms with E-state index in [1.807, 2.05) is 103 Å². The lowest BCUT2D eigenvalue weighted by Crippen LogP contribution is -2.34. The molecular formula is C31H29N3O3. The monoisotopic (exact) mass is 491 g/mol. The first-order chi connectivity index (χ1) is 18.2. The average molecular weight is 492 g/mol. The maximum Gasteiger partial charge on any atom is 0.411 e. The topological polar surface area (TPSA) is 79.8 Å². The number of benzene rings is 4. The summed E-state index contributed by atoms with van der Waals surface area (Å²) in [5.74, 6) is 0. The van der Waals surface area contributed by atoms with Gasteiger partial charge in [0, 0.05) is 11.1 Å². The first-order valence-electron chi connectivity index (χ1n) is 12.3. The van der Waals surface area contributed by atoms with Gasteiger partial charge in [-0.1, -0.05) is 97.1 Å². The number of piperidine rings is 1. The number of hydrogen-bond donors (Lipinski definition) is 2. The van der Waals surface area contributed by atoms with Crippen molar-refractivity contribution in [1.29, 1.82) is 0 Å². The van der Waals surface area contributed by atoms with Crippen LogP contribution < -0.4 is 10.6 Å². The van der Waals surface area contributed by atoms with Crippen LogP contribution in [0.4, 0.5) is 16.2 Å². The van der Waals surface area contributed by atoms with Crippen molar-refractivity contribution in [3.05, 3.63) is 109 Å². The molecule has 1 heterocycles. The van der Waals surface area contributed by atoms with E-state index in [0.29, 0.717) is 5.69 Å². The summed E-state index contributed by atoms with van der Waals surface area (Å²) in [7, 11) is 0. The van der Waals surface area contributed by atoms with Crippen LogP contribution in [-0.2, 0) is 9.53 Å². The molecule has 1 amide bonds. The van der Waals surface area contributed by atoms with Gasteiger partial charge in [-0.2, -0.15) is 4.99 Å². The Kier molecular flexibility index (Phi) is 9.36. The highest BCUT2D eigenvalue weighted by Crippen LogP contribution is 2.29. The average Bonchev–Trinajstić information content (AvgIpc) is 2.96. The molecular weight excluding hydrogens is 462 g/mol. The maximum atomic E-state index is 12.1. The third-order valence-electron chi connectivity index (χ3n) is 5.96. The van der Waals surface area contributed by atoms with E-state index in [2.05, 4.69) is 15.6 Å². The highest BCUT2D eigenvalue weighted by atomic mass is 16.6. The van der Waals surface area contributed by atoms with Gasteiger partial charge in [0.05, 0.1) is 11.4 Å². The second kappa shape index (κ2) is 13.5. The van der Waals surface area contributed by atoms with Gasteiger partial charge in [0.2, 0.25) is 6.08 Å². The van der Waals surface area contributed by atoms with Gasteiger partial charge in [-0.05, 0) is 49.2 Å². The van der Waals surface area contributed by atoms with Gasteiger partial charge in [0.15, 0.2) is 0 Å². The van der Waals surface area contributed by atoms with Gasteiger partial charge in [-0.3, -0.25) is 5.32 Å².